The first-order valence-corrected chi connectivity index (χ1v) is 14.3. The van der Waals surface area contributed by atoms with Gasteiger partial charge in [0.15, 0.2) is 7.28 Å². The molecule has 0 atom stereocenters. The van der Waals surface area contributed by atoms with Gasteiger partial charge in [-0.3, -0.25) is 0 Å². The fourth-order valence-electron chi connectivity index (χ4n) is 4.93. The van der Waals surface area contributed by atoms with Gasteiger partial charge in [0.05, 0.1) is 10.4 Å². The predicted molar refractivity (Wildman–Crippen MR) is 144 cm³/mol. The zero-order chi connectivity index (χ0) is 24.3. The molecule has 0 spiro atoms. The standard InChI is InChI=1S/C26H34BN5O2S/c1-27-22-7-3-5-9-24(22)35(33,34)29-17-19-12-10-18(11-13-19)16-28-26-31-23-8-4-2-6-21(23)25(32-26)30-20-14-15-20/h2-9,18-20,27,29H,10-17H2,1H3,(H2,28,30,31,32)/t18-,19-. The van der Waals surface area contributed by atoms with Crippen molar-refractivity contribution < 1.29 is 8.42 Å². The lowest BCUT2D eigenvalue weighted by atomic mass is 9.73. The van der Waals surface area contributed by atoms with Crippen molar-refractivity contribution in [3.05, 3.63) is 48.5 Å². The SMILES string of the molecule is CBc1ccccc1S(=O)(=O)NC[C@H]1CC[C@H](CNc2nc(NC3CC3)c3ccccc3n2)CC1. The summed E-state index contributed by atoms with van der Waals surface area (Å²) >= 11 is 0. The highest BCUT2D eigenvalue weighted by Gasteiger charge is 2.25. The van der Waals surface area contributed by atoms with Crippen LogP contribution in [-0.4, -0.2) is 44.8 Å². The molecule has 3 aromatic rings. The third-order valence-corrected chi connectivity index (χ3v) is 8.77. The van der Waals surface area contributed by atoms with Crippen LogP contribution >= 0.6 is 0 Å². The second-order valence-electron chi connectivity index (χ2n) is 9.91. The van der Waals surface area contributed by atoms with E-state index in [2.05, 4.69) is 21.4 Å². The molecule has 3 N–H and O–H groups in total. The van der Waals surface area contributed by atoms with Crippen LogP contribution in [0.5, 0.6) is 0 Å². The number of anilines is 2. The molecule has 2 aliphatic carbocycles. The molecule has 0 bridgehead atoms. The van der Waals surface area contributed by atoms with Gasteiger partial charge >= 0.3 is 0 Å². The Hall–Kier alpha value is -2.65. The maximum atomic E-state index is 12.8. The van der Waals surface area contributed by atoms with Gasteiger partial charge in [-0.2, -0.15) is 4.98 Å². The van der Waals surface area contributed by atoms with Crippen molar-refractivity contribution in [3.8, 4) is 0 Å². The Morgan fingerprint density at radius 1 is 0.886 bits per heavy atom. The summed E-state index contributed by atoms with van der Waals surface area (Å²) in [5.41, 5.74) is 1.81. The van der Waals surface area contributed by atoms with E-state index in [0.717, 1.165) is 54.4 Å². The number of hydrogen-bond acceptors (Lipinski definition) is 6. The highest BCUT2D eigenvalue weighted by atomic mass is 32.2. The summed E-state index contributed by atoms with van der Waals surface area (Å²) in [6, 6.07) is 15.9. The highest BCUT2D eigenvalue weighted by molar-refractivity contribution is 7.89. The molecule has 0 unspecified atom stereocenters. The van der Waals surface area contributed by atoms with Crippen LogP contribution in [0.1, 0.15) is 38.5 Å². The average molecular weight is 491 g/mol. The Labute approximate surface area is 208 Å². The van der Waals surface area contributed by atoms with E-state index in [-0.39, 0.29) is 0 Å². The fraction of sp³-hybridized carbons (Fsp3) is 0.462. The van der Waals surface area contributed by atoms with Gasteiger partial charge in [0.2, 0.25) is 16.0 Å². The lowest BCUT2D eigenvalue weighted by Gasteiger charge is -2.28. The normalized spacial score (nSPS) is 20.5. The van der Waals surface area contributed by atoms with E-state index >= 15 is 0 Å². The van der Waals surface area contributed by atoms with Crippen LogP contribution in [0.4, 0.5) is 11.8 Å². The van der Waals surface area contributed by atoms with Crippen LogP contribution in [0.3, 0.4) is 0 Å². The summed E-state index contributed by atoms with van der Waals surface area (Å²) in [7, 11) is -2.77. The Bertz CT molecular complexity index is 1270. The van der Waals surface area contributed by atoms with E-state index < -0.39 is 10.0 Å². The van der Waals surface area contributed by atoms with Crippen LogP contribution in [0.15, 0.2) is 53.4 Å². The second-order valence-corrected chi connectivity index (χ2v) is 11.6. The Kier molecular flexibility index (Phi) is 7.25. The van der Waals surface area contributed by atoms with Crippen molar-refractivity contribution in [2.45, 2.75) is 56.3 Å². The summed E-state index contributed by atoms with van der Waals surface area (Å²) in [4.78, 5) is 9.90. The van der Waals surface area contributed by atoms with Crippen LogP contribution in [0.25, 0.3) is 10.9 Å². The van der Waals surface area contributed by atoms with E-state index in [1.54, 1.807) is 12.1 Å². The predicted octanol–water partition coefficient (Wildman–Crippen LogP) is 3.51. The summed E-state index contributed by atoms with van der Waals surface area (Å²) in [6.07, 6.45) is 6.60. The number of para-hydroxylation sites is 1. The Balaban J connectivity index is 1.13. The van der Waals surface area contributed by atoms with Gasteiger partial charge in [0, 0.05) is 24.5 Å². The molecule has 0 radical (unpaired) electrons. The molecule has 9 heteroatoms. The smallest absolute Gasteiger partial charge is 0.240 e. The fourth-order valence-corrected chi connectivity index (χ4v) is 6.35. The third kappa shape index (κ3) is 5.96. The van der Waals surface area contributed by atoms with Gasteiger partial charge in [0.1, 0.15) is 5.82 Å². The molecule has 5 rings (SSSR count). The lowest BCUT2D eigenvalue weighted by molar-refractivity contribution is 0.284. The van der Waals surface area contributed by atoms with Crippen molar-refractivity contribution in [1.82, 2.24) is 14.7 Å². The monoisotopic (exact) mass is 491 g/mol. The molecule has 184 valence electrons. The molecule has 2 saturated carbocycles. The van der Waals surface area contributed by atoms with E-state index in [1.165, 1.54) is 12.8 Å². The molecule has 1 heterocycles. The molecule has 2 fully saturated rings. The molecule has 0 aliphatic heterocycles. The minimum Gasteiger partial charge on any atom is -0.367 e. The van der Waals surface area contributed by atoms with Gasteiger partial charge in [-0.15, -0.1) is 0 Å². The number of aromatic nitrogens is 2. The quantitative estimate of drug-likeness (QED) is 0.376. The first kappa shape index (κ1) is 24.1. The van der Waals surface area contributed by atoms with Gasteiger partial charge in [-0.1, -0.05) is 42.6 Å². The van der Waals surface area contributed by atoms with E-state index in [0.29, 0.717) is 42.5 Å². The number of hydrogen-bond donors (Lipinski definition) is 3. The minimum atomic E-state index is -3.47. The van der Waals surface area contributed by atoms with E-state index in [4.69, 9.17) is 9.97 Å². The van der Waals surface area contributed by atoms with E-state index in [1.807, 2.05) is 37.2 Å². The zero-order valence-electron chi connectivity index (χ0n) is 20.3. The molecule has 2 aliphatic rings. The van der Waals surface area contributed by atoms with Crippen molar-refractivity contribution in [2.75, 3.05) is 23.7 Å². The Morgan fingerprint density at radius 2 is 1.57 bits per heavy atom. The summed E-state index contributed by atoms with van der Waals surface area (Å²) < 4.78 is 28.5. The Morgan fingerprint density at radius 3 is 2.31 bits per heavy atom. The van der Waals surface area contributed by atoms with Crippen LogP contribution < -0.4 is 20.8 Å². The molecule has 35 heavy (non-hydrogen) atoms. The van der Waals surface area contributed by atoms with Gasteiger partial charge in [-0.25, -0.2) is 18.1 Å². The number of nitrogens with zero attached hydrogens (tertiary/aromatic N) is 2. The highest BCUT2D eigenvalue weighted by Crippen LogP contribution is 2.31. The molecule has 7 nitrogen and oxygen atoms in total. The van der Waals surface area contributed by atoms with Crippen molar-refractivity contribution in [3.63, 3.8) is 0 Å². The zero-order valence-corrected chi connectivity index (χ0v) is 21.2. The number of fused-ring (bicyclic) bond motifs is 1. The average Bonchev–Trinajstić information content (AvgIpc) is 3.71. The molecular formula is C26H34BN5O2S. The first-order chi connectivity index (χ1) is 17.0. The largest absolute Gasteiger partial charge is 0.367 e. The molecular weight excluding hydrogens is 457 g/mol. The molecule has 0 saturated heterocycles. The second kappa shape index (κ2) is 10.5. The summed E-state index contributed by atoms with van der Waals surface area (Å²) in [6.45, 7) is 3.32. The van der Waals surface area contributed by atoms with Gasteiger partial charge in [-0.05, 0) is 68.6 Å². The van der Waals surface area contributed by atoms with E-state index in [9.17, 15) is 8.42 Å². The van der Waals surface area contributed by atoms with Gasteiger partial charge < -0.3 is 10.6 Å². The number of rotatable bonds is 10. The summed E-state index contributed by atoms with van der Waals surface area (Å²) in [5, 5.41) is 8.08. The van der Waals surface area contributed by atoms with Crippen molar-refractivity contribution in [2.24, 2.45) is 11.8 Å². The van der Waals surface area contributed by atoms with Crippen molar-refractivity contribution in [1.29, 1.82) is 0 Å². The third-order valence-electron chi connectivity index (χ3n) is 7.24. The van der Waals surface area contributed by atoms with Crippen LogP contribution in [0, 0.1) is 11.8 Å². The van der Waals surface area contributed by atoms with Crippen molar-refractivity contribution >= 4 is 45.4 Å². The maximum Gasteiger partial charge on any atom is 0.240 e. The van der Waals surface area contributed by atoms with Gasteiger partial charge in [0.25, 0.3) is 0 Å². The first-order valence-electron chi connectivity index (χ1n) is 12.9. The molecule has 1 aromatic heterocycles. The maximum absolute atomic E-state index is 12.8. The number of benzene rings is 2. The lowest BCUT2D eigenvalue weighted by Crippen LogP contribution is -2.35. The van der Waals surface area contributed by atoms with Crippen LogP contribution in [-0.2, 0) is 10.0 Å². The molecule has 2 aromatic carbocycles. The topological polar surface area (TPSA) is 96.0 Å². The molecule has 0 amide bonds. The number of sulfonamides is 1. The van der Waals surface area contributed by atoms with Crippen LogP contribution in [0.2, 0.25) is 6.82 Å². The summed E-state index contributed by atoms with van der Waals surface area (Å²) in [5.74, 6) is 2.51. The number of nitrogens with one attached hydrogen (secondary N) is 3. The minimum absolute atomic E-state index is 0.376.